The van der Waals surface area contributed by atoms with Crippen LogP contribution in [0.5, 0.6) is 0 Å². The molecule has 0 bridgehead atoms. The van der Waals surface area contributed by atoms with Crippen molar-refractivity contribution in [3.05, 3.63) is 35.4 Å². The minimum atomic E-state index is -0.356. The van der Waals surface area contributed by atoms with Gasteiger partial charge in [0.25, 0.3) is 5.91 Å². The number of aryl methyl sites for hydroxylation is 1. The number of amides is 2. The first-order valence-electron chi connectivity index (χ1n) is 7.33. The Kier molecular flexibility index (Phi) is 6.04. The van der Waals surface area contributed by atoms with Crippen LogP contribution in [0.2, 0.25) is 0 Å². The summed E-state index contributed by atoms with van der Waals surface area (Å²) in [4.78, 5) is 37.4. The summed E-state index contributed by atoms with van der Waals surface area (Å²) in [5.41, 5.74) is 1.51. The summed E-state index contributed by atoms with van der Waals surface area (Å²) in [5.74, 6) is -0.119. The van der Waals surface area contributed by atoms with E-state index >= 15 is 0 Å². The van der Waals surface area contributed by atoms with Crippen molar-refractivity contribution in [1.29, 1.82) is 0 Å². The average molecular weight is 336 g/mol. The monoisotopic (exact) mass is 336 g/mol. The van der Waals surface area contributed by atoms with E-state index in [1.54, 1.807) is 23.1 Å². The van der Waals surface area contributed by atoms with Crippen LogP contribution in [0.15, 0.2) is 24.3 Å². The van der Waals surface area contributed by atoms with Crippen molar-refractivity contribution in [3.8, 4) is 0 Å². The maximum atomic E-state index is 12.2. The second-order valence-corrected chi connectivity index (χ2v) is 6.59. The Labute approximate surface area is 139 Å². The fourth-order valence-corrected chi connectivity index (χ4v) is 3.43. The van der Waals surface area contributed by atoms with Crippen LogP contribution in [0, 0.1) is 6.92 Å². The first-order valence-corrected chi connectivity index (χ1v) is 8.38. The highest BCUT2D eigenvalue weighted by Gasteiger charge is 2.29. The van der Waals surface area contributed by atoms with Crippen LogP contribution in [-0.4, -0.2) is 60.4 Å². The summed E-state index contributed by atoms with van der Waals surface area (Å²) >= 11 is 1.48. The minimum absolute atomic E-state index is 0.0780. The van der Waals surface area contributed by atoms with Gasteiger partial charge in [0.1, 0.15) is 5.25 Å². The van der Waals surface area contributed by atoms with E-state index in [4.69, 9.17) is 4.74 Å². The summed E-state index contributed by atoms with van der Waals surface area (Å²) in [6, 6.07) is 7.18. The molecule has 1 aliphatic rings. The quantitative estimate of drug-likeness (QED) is 0.825. The van der Waals surface area contributed by atoms with Gasteiger partial charge in [0.15, 0.2) is 0 Å². The molecule has 0 radical (unpaired) electrons. The van der Waals surface area contributed by atoms with Gasteiger partial charge in [0.05, 0.1) is 13.7 Å². The first kappa shape index (κ1) is 17.3. The van der Waals surface area contributed by atoms with E-state index < -0.39 is 0 Å². The van der Waals surface area contributed by atoms with Crippen molar-refractivity contribution in [2.24, 2.45) is 0 Å². The Morgan fingerprint density at radius 1 is 1.39 bits per heavy atom. The van der Waals surface area contributed by atoms with Crippen molar-refractivity contribution in [2.45, 2.75) is 12.2 Å². The summed E-state index contributed by atoms with van der Waals surface area (Å²) in [5, 5.41) is 2.27. The summed E-state index contributed by atoms with van der Waals surface area (Å²) in [7, 11) is 1.34. The van der Waals surface area contributed by atoms with E-state index in [-0.39, 0.29) is 29.6 Å². The molecule has 2 rings (SSSR count). The van der Waals surface area contributed by atoms with Crippen LogP contribution in [-0.2, 0) is 14.3 Å². The number of thioether (sulfide) groups is 1. The maximum Gasteiger partial charge on any atom is 0.320 e. The van der Waals surface area contributed by atoms with Crippen molar-refractivity contribution in [3.63, 3.8) is 0 Å². The molecule has 0 aromatic heterocycles. The molecule has 1 aromatic rings. The normalized spacial score (nSPS) is 17.5. The molecule has 1 fully saturated rings. The van der Waals surface area contributed by atoms with Crippen molar-refractivity contribution >= 4 is 29.5 Å². The maximum absolute atomic E-state index is 12.2. The molecule has 2 amide bonds. The molecule has 0 saturated carbocycles. The molecule has 0 aliphatic carbocycles. The van der Waals surface area contributed by atoms with Gasteiger partial charge >= 0.3 is 5.97 Å². The van der Waals surface area contributed by atoms with Crippen molar-refractivity contribution in [2.75, 3.05) is 32.5 Å². The van der Waals surface area contributed by atoms with E-state index in [2.05, 4.69) is 5.32 Å². The third-order valence-corrected chi connectivity index (χ3v) is 4.73. The van der Waals surface area contributed by atoms with Gasteiger partial charge in [-0.2, -0.15) is 0 Å². The predicted octanol–water partition coefficient (Wildman–Crippen LogP) is 0.842. The standard InChI is InChI=1S/C16H20N2O4S/c1-11-4-3-5-12(8-11)15(20)17-9-14(19)18-6-7-23-13(10-18)16(21)22-2/h3-5,8,13H,6-7,9-10H2,1-2H3,(H,17,20)/t13-/m0/s1. The lowest BCUT2D eigenvalue weighted by atomic mass is 10.1. The van der Waals surface area contributed by atoms with Crippen molar-refractivity contribution in [1.82, 2.24) is 10.2 Å². The van der Waals surface area contributed by atoms with Gasteiger partial charge in [-0.05, 0) is 19.1 Å². The van der Waals surface area contributed by atoms with Gasteiger partial charge in [-0.25, -0.2) is 0 Å². The highest BCUT2D eigenvalue weighted by atomic mass is 32.2. The Morgan fingerprint density at radius 2 is 2.17 bits per heavy atom. The smallest absolute Gasteiger partial charge is 0.320 e. The van der Waals surface area contributed by atoms with Gasteiger partial charge in [0, 0.05) is 24.4 Å². The lowest BCUT2D eigenvalue weighted by Crippen LogP contribution is -2.48. The molecular formula is C16H20N2O4S. The second kappa shape index (κ2) is 8.01. The number of methoxy groups -OCH3 is 1. The number of hydrogen-bond acceptors (Lipinski definition) is 5. The Balaban J connectivity index is 1.87. The Bertz CT molecular complexity index is 605. The van der Waals surface area contributed by atoms with Crippen molar-refractivity contribution < 1.29 is 19.1 Å². The number of hydrogen-bond donors (Lipinski definition) is 1. The molecule has 0 spiro atoms. The number of rotatable bonds is 4. The molecule has 6 nitrogen and oxygen atoms in total. The molecule has 1 atom stereocenters. The number of nitrogens with one attached hydrogen (secondary N) is 1. The van der Waals surface area contributed by atoms with E-state index in [0.717, 1.165) is 5.56 Å². The minimum Gasteiger partial charge on any atom is -0.468 e. The van der Waals surface area contributed by atoms with E-state index in [9.17, 15) is 14.4 Å². The van der Waals surface area contributed by atoms with Crippen LogP contribution >= 0.6 is 11.8 Å². The number of carbonyl (C=O) groups excluding carboxylic acids is 3. The number of nitrogens with zero attached hydrogens (tertiary/aromatic N) is 1. The van der Waals surface area contributed by atoms with Gasteiger partial charge in [-0.15, -0.1) is 11.8 Å². The third kappa shape index (κ3) is 4.72. The Morgan fingerprint density at radius 3 is 2.87 bits per heavy atom. The highest BCUT2D eigenvalue weighted by molar-refractivity contribution is 8.00. The first-order chi connectivity index (χ1) is 11.0. The molecular weight excluding hydrogens is 316 g/mol. The SMILES string of the molecule is COC(=O)[C@@H]1CN(C(=O)CNC(=O)c2cccc(C)c2)CCS1. The number of benzene rings is 1. The summed E-state index contributed by atoms with van der Waals surface area (Å²) in [6.07, 6.45) is 0. The zero-order valence-corrected chi connectivity index (χ0v) is 14.0. The Hall–Kier alpha value is -2.02. The average Bonchev–Trinajstić information content (AvgIpc) is 2.58. The zero-order valence-electron chi connectivity index (χ0n) is 13.2. The molecule has 1 heterocycles. The fourth-order valence-electron chi connectivity index (χ4n) is 2.31. The molecule has 124 valence electrons. The highest BCUT2D eigenvalue weighted by Crippen LogP contribution is 2.19. The zero-order chi connectivity index (χ0) is 16.8. The van der Waals surface area contributed by atoms with E-state index in [1.165, 1.54) is 18.9 Å². The number of carbonyl (C=O) groups is 3. The number of ether oxygens (including phenoxy) is 1. The van der Waals surface area contributed by atoms with Crippen LogP contribution < -0.4 is 5.32 Å². The van der Waals surface area contributed by atoms with Crippen LogP contribution in [0.3, 0.4) is 0 Å². The molecule has 1 aliphatic heterocycles. The fraction of sp³-hybridized carbons (Fsp3) is 0.438. The van der Waals surface area contributed by atoms with E-state index in [0.29, 0.717) is 24.4 Å². The van der Waals surface area contributed by atoms with Gasteiger partial charge < -0.3 is 15.0 Å². The predicted molar refractivity (Wildman–Crippen MR) is 88.4 cm³/mol. The van der Waals surface area contributed by atoms with Gasteiger partial charge in [-0.1, -0.05) is 17.7 Å². The second-order valence-electron chi connectivity index (χ2n) is 5.27. The molecule has 23 heavy (non-hydrogen) atoms. The number of esters is 1. The van der Waals surface area contributed by atoms with Gasteiger partial charge in [-0.3, -0.25) is 14.4 Å². The van der Waals surface area contributed by atoms with E-state index in [1.807, 2.05) is 13.0 Å². The molecule has 1 aromatic carbocycles. The van der Waals surface area contributed by atoms with Crippen LogP contribution in [0.1, 0.15) is 15.9 Å². The summed E-state index contributed by atoms with van der Waals surface area (Å²) in [6.45, 7) is 2.71. The largest absolute Gasteiger partial charge is 0.468 e. The third-order valence-electron chi connectivity index (χ3n) is 3.56. The summed E-state index contributed by atoms with van der Waals surface area (Å²) < 4.78 is 4.72. The van der Waals surface area contributed by atoms with Gasteiger partial charge in [0.2, 0.25) is 5.91 Å². The molecule has 1 N–H and O–H groups in total. The molecule has 0 unspecified atom stereocenters. The molecule has 7 heteroatoms. The van der Waals surface area contributed by atoms with Crippen LogP contribution in [0.25, 0.3) is 0 Å². The lowest BCUT2D eigenvalue weighted by Gasteiger charge is -2.31. The van der Waals surface area contributed by atoms with Crippen LogP contribution in [0.4, 0.5) is 0 Å². The topological polar surface area (TPSA) is 75.7 Å². The lowest BCUT2D eigenvalue weighted by molar-refractivity contribution is -0.141. The molecule has 1 saturated heterocycles.